The first-order valence-corrected chi connectivity index (χ1v) is 4.89. The summed E-state index contributed by atoms with van der Waals surface area (Å²) in [4.78, 5) is 13.3. The lowest BCUT2D eigenvalue weighted by atomic mass is 10.1. The molecule has 15 heavy (non-hydrogen) atoms. The lowest BCUT2D eigenvalue weighted by Gasteiger charge is -2.15. The molecular weight excluding hydrogens is 210 g/mol. The molecule has 0 N–H and O–H groups in total. The Kier molecular flexibility index (Phi) is 3.76. The molecule has 1 aromatic rings. The summed E-state index contributed by atoms with van der Waals surface area (Å²) in [6.45, 7) is 2.14. The summed E-state index contributed by atoms with van der Waals surface area (Å²) in [5, 5.41) is 0.492. The Labute approximate surface area is 94.8 Å². The molecule has 0 saturated heterocycles. The first-order valence-electron chi connectivity index (χ1n) is 4.52. The average molecular weight is 222 g/mol. The average Bonchev–Trinajstić information content (AvgIpc) is 2.21. The molecule has 2 nitrogen and oxygen atoms in total. The Balaban J connectivity index is 3.02. The topological polar surface area (TPSA) is 20.3 Å². The normalized spacial score (nSPS) is 9.47. The zero-order chi connectivity index (χ0) is 11.4. The van der Waals surface area contributed by atoms with Gasteiger partial charge in [-0.05, 0) is 18.6 Å². The zero-order valence-corrected chi connectivity index (χ0v) is 9.51. The van der Waals surface area contributed by atoms with Gasteiger partial charge in [0.2, 0.25) is 0 Å². The van der Waals surface area contributed by atoms with Gasteiger partial charge in [-0.15, -0.1) is 6.42 Å². The number of amides is 1. The Morgan fingerprint density at radius 3 is 2.87 bits per heavy atom. The van der Waals surface area contributed by atoms with Crippen LogP contribution >= 0.6 is 11.6 Å². The summed E-state index contributed by atoms with van der Waals surface area (Å²) in [6, 6.07) is 5.36. The Morgan fingerprint density at radius 2 is 2.27 bits per heavy atom. The van der Waals surface area contributed by atoms with Crippen LogP contribution in [-0.4, -0.2) is 24.4 Å². The van der Waals surface area contributed by atoms with Crippen LogP contribution < -0.4 is 0 Å². The predicted octanol–water partition coefficient (Wildman–Crippen LogP) is 2.35. The van der Waals surface area contributed by atoms with E-state index < -0.39 is 0 Å². The van der Waals surface area contributed by atoms with E-state index in [2.05, 4.69) is 5.92 Å². The quantitative estimate of drug-likeness (QED) is 0.703. The minimum Gasteiger partial charge on any atom is -0.331 e. The molecule has 0 aliphatic carbocycles. The van der Waals surface area contributed by atoms with Crippen LogP contribution in [-0.2, 0) is 0 Å². The van der Waals surface area contributed by atoms with E-state index in [0.29, 0.717) is 10.6 Å². The molecule has 0 heterocycles. The molecule has 0 aliphatic heterocycles. The highest BCUT2D eigenvalue weighted by molar-refractivity contribution is 6.34. The molecule has 0 saturated carbocycles. The number of hydrogen-bond donors (Lipinski definition) is 0. The lowest BCUT2D eigenvalue weighted by molar-refractivity contribution is 0.0812. The van der Waals surface area contributed by atoms with Crippen molar-refractivity contribution in [1.29, 1.82) is 0 Å². The molecule has 1 amide bonds. The highest BCUT2D eigenvalue weighted by atomic mass is 35.5. The maximum absolute atomic E-state index is 11.9. The molecular formula is C12H12ClNO. The van der Waals surface area contributed by atoms with Crippen molar-refractivity contribution in [3.05, 3.63) is 34.3 Å². The number of hydrogen-bond acceptors (Lipinski definition) is 1. The molecule has 0 unspecified atom stereocenters. The second-order valence-corrected chi connectivity index (χ2v) is 3.68. The maximum atomic E-state index is 11.9. The first kappa shape index (κ1) is 11.6. The second kappa shape index (κ2) is 4.86. The van der Waals surface area contributed by atoms with Gasteiger partial charge in [-0.2, -0.15) is 0 Å². The van der Waals surface area contributed by atoms with Gasteiger partial charge in [-0.25, -0.2) is 0 Å². The highest BCUT2D eigenvalue weighted by Gasteiger charge is 2.14. The van der Waals surface area contributed by atoms with E-state index in [1.807, 2.05) is 13.0 Å². The van der Waals surface area contributed by atoms with Gasteiger partial charge >= 0.3 is 0 Å². The molecule has 0 spiro atoms. The molecule has 0 aromatic heterocycles. The van der Waals surface area contributed by atoms with Crippen LogP contribution in [0.1, 0.15) is 15.9 Å². The first-order chi connectivity index (χ1) is 7.07. The van der Waals surface area contributed by atoms with Crippen LogP contribution in [0.2, 0.25) is 5.02 Å². The molecule has 0 fully saturated rings. The molecule has 0 radical (unpaired) electrons. The van der Waals surface area contributed by atoms with Crippen molar-refractivity contribution in [3.8, 4) is 12.3 Å². The van der Waals surface area contributed by atoms with Gasteiger partial charge in [0.15, 0.2) is 0 Å². The number of halogens is 1. The van der Waals surface area contributed by atoms with Gasteiger partial charge in [0.25, 0.3) is 5.91 Å². The van der Waals surface area contributed by atoms with E-state index >= 15 is 0 Å². The van der Waals surface area contributed by atoms with Crippen LogP contribution in [0.4, 0.5) is 0 Å². The van der Waals surface area contributed by atoms with Gasteiger partial charge in [-0.3, -0.25) is 4.79 Å². The summed E-state index contributed by atoms with van der Waals surface area (Å²) in [5.74, 6) is 2.26. The molecule has 1 aromatic carbocycles. The minimum absolute atomic E-state index is 0.151. The zero-order valence-electron chi connectivity index (χ0n) is 8.75. The van der Waals surface area contributed by atoms with E-state index in [4.69, 9.17) is 18.0 Å². The standard InChI is InChI=1S/C12H12ClNO/c1-4-8-14(3)12(15)10-7-5-6-9(2)11(10)13/h1,5-7H,8H2,2-3H3. The van der Waals surface area contributed by atoms with E-state index in [9.17, 15) is 4.79 Å². The summed E-state index contributed by atoms with van der Waals surface area (Å²) in [6.07, 6.45) is 5.14. The predicted molar refractivity (Wildman–Crippen MR) is 62.0 cm³/mol. The molecule has 1 rings (SSSR count). The number of carbonyl (C=O) groups excluding carboxylic acids is 1. The third-order valence-electron chi connectivity index (χ3n) is 2.10. The largest absolute Gasteiger partial charge is 0.331 e. The Bertz CT molecular complexity index is 420. The van der Waals surface area contributed by atoms with Gasteiger partial charge < -0.3 is 4.90 Å². The molecule has 0 bridgehead atoms. The number of benzene rings is 1. The van der Waals surface area contributed by atoms with Gasteiger partial charge in [0.1, 0.15) is 0 Å². The van der Waals surface area contributed by atoms with Crippen molar-refractivity contribution < 1.29 is 4.79 Å². The SMILES string of the molecule is C#CCN(C)C(=O)c1cccc(C)c1Cl. The van der Waals surface area contributed by atoms with Crippen molar-refractivity contribution in [3.63, 3.8) is 0 Å². The fraction of sp³-hybridized carbons (Fsp3) is 0.250. The van der Waals surface area contributed by atoms with Crippen LogP contribution in [0.3, 0.4) is 0 Å². The molecule has 3 heteroatoms. The Morgan fingerprint density at radius 1 is 1.60 bits per heavy atom. The summed E-state index contributed by atoms with van der Waals surface area (Å²) in [5.41, 5.74) is 1.38. The van der Waals surface area contributed by atoms with Crippen molar-refractivity contribution in [2.24, 2.45) is 0 Å². The van der Waals surface area contributed by atoms with Crippen molar-refractivity contribution >= 4 is 17.5 Å². The Hall–Kier alpha value is -1.46. The lowest BCUT2D eigenvalue weighted by Crippen LogP contribution is -2.27. The third kappa shape index (κ3) is 2.51. The van der Waals surface area contributed by atoms with Crippen LogP contribution in [0, 0.1) is 19.3 Å². The summed E-state index contributed by atoms with van der Waals surface area (Å²) >= 11 is 6.03. The van der Waals surface area contributed by atoms with Crippen molar-refractivity contribution in [1.82, 2.24) is 4.90 Å². The number of carbonyl (C=O) groups is 1. The van der Waals surface area contributed by atoms with Crippen molar-refractivity contribution in [2.75, 3.05) is 13.6 Å². The molecule has 0 aliphatic rings. The monoisotopic (exact) mass is 221 g/mol. The van der Waals surface area contributed by atoms with E-state index in [1.165, 1.54) is 4.90 Å². The number of terminal acetylenes is 1. The van der Waals surface area contributed by atoms with Gasteiger partial charge in [0, 0.05) is 7.05 Å². The third-order valence-corrected chi connectivity index (χ3v) is 2.60. The maximum Gasteiger partial charge on any atom is 0.255 e. The summed E-state index contributed by atoms with van der Waals surface area (Å²) < 4.78 is 0. The number of nitrogens with zero attached hydrogens (tertiary/aromatic N) is 1. The molecule has 0 atom stereocenters. The molecule has 78 valence electrons. The van der Waals surface area contributed by atoms with Gasteiger partial charge in [0.05, 0.1) is 17.1 Å². The van der Waals surface area contributed by atoms with Crippen molar-refractivity contribution in [2.45, 2.75) is 6.92 Å². The minimum atomic E-state index is -0.151. The van der Waals surface area contributed by atoms with Gasteiger partial charge in [-0.1, -0.05) is 29.7 Å². The second-order valence-electron chi connectivity index (χ2n) is 3.30. The fourth-order valence-electron chi connectivity index (χ4n) is 1.23. The fourth-order valence-corrected chi connectivity index (χ4v) is 1.43. The van der Waals surface area contributed by atoms with Crippen LogP contribution in [0.25, 0.3) is 0 Å². The number of rotatable bonds is 2. The number of aryl methyl sites for hydroxylation is 1. The van der Waals surface area contributed by atoms with E-state index in [-0.39, 0.29) is 12.5 Å². The smallest absolute Gasteiger partial charge is 0.255 e. The van der Waals surface area contributed by atoms with Crippen LogP contribution in [0.15, 0.2) is 18.2 Å². The van der Waals surface area contributed by atoms with Crippen LogP contribution in [0.5, 0.6) is 0 Å². The highest BCUT2D eigenvalue weighted by Crippen LogP contribution is 2.21. The van der Waals surface area contributed by atoms with E-state index in [1.54, 1.807) is 19.2 Å². The van der Waals surface area contributed by atoms with E-state index in [0.717, 1.165) is 5.56 Å². The summed E-state index contributed by atoms with van der Waals surface area (Å²) in [7, 11) is 1.65.